The minimum Gasteiger partial charge on any atom is -0.366 e. The number of aromatic nitrogens is 1. The molecule has 122 valence electrons. The maximum atomic E-state index is 11.1. The Hall–Kier alpha value is -2.76. The van der Waals surface area contributed by atoms with Crippen LogP contribution in [-0.2, 0) is 13.1 Å². The molecule has 0 saturated carbocycles. The first kappa shape index (κ1) is 16.6. The first-order chi connectivity index (χ1) is 11.2. The first-order valence-electron chi connectivity index (χ1n) is 7.70. The summed E-state index contributed by atoms with van der Waals surface area (Å²) in [6.45, 7) is 5.05. The summed E-state index contributed by atoms with van der Waals surface area (Å²) in [5.41, 5.74) is 6.77. The number of nitrogens with one attached hydrogen (secondary N) is 2. The van der Waals surface area contributed by atoms with Crippen molar-refractivity contribution in [2.75, 3.05) is 13.1 Å². The summed E-state index contributed by atoms with van der Waals surface area (Å²) < 4.78 is 2.11. The number of guanidine groups is 1. The Morgan fingerprint density at radius 3 is 2.48 bits per heavy atom. The van der Waals surface area contributed by atoms with E-state index in [-0.39, 0.29) is 0 Å². The van der Waals surface area contributed by atoms with Crippen LogP contribution in [0.1, 0.15) is 22.8 Å². The summed E-state index contributed by atoms with van der Waals surface area (Å²) in [5, 5.41) is 6.52. The number of benzene rings is 1. The predicted molar refractivity (Wildman–Crippen MR) is 92.2 cm³/mol. The molecular weight excluding hydrogens is 290 g/mol. The highest BCUT2D eigenvalue weighted by Crippen LogP contribution is 2.05. The normalized spacial score (nSPS) is 11.3. The van der Waals surface area contributed by atoms with Crippen molar-refractivity contribution in [1.82, 2.24) is 15.2 Å². The van der Waals surface area contributed by atoms with E-state index in [1.165, 1.54) is 0 Å². The van der Waals surface area contributed by atoms with Crippen LogP contribution in [0.15, 0.2) is 53.8 Å². The van der Waals surface area contributed by atoms with Crippen LogP contribution in [0.5, 0.6) is 0 Å². The number of carbonyl (C=O) groups is 1. The zero-order chi connectivity index (χ0) is 16.5. The van der Waals surface area contributed by atoms with Crippen molar-refractivity contribution in [3.05, 3.63) is 59.9 Å². The van der Waals surface area contributed by atoms with Crippen molar-refractivity contribution in [3.63, 3.8) is 0 Å². The van der Waals surface area contributed by atoms with Gasteiger partial charge in [0.05, 0.1) is 6.54 Å². The van der Waals surface area contributed by atoms with E-state index in [0.29, 0.717) is 12.1 Å². The Kier molecular flexibility index (Phi) is 6.23. The fourth-order valence-electron chi connectivity index (χ4n) is 2.11. The largest absolute Gasteiger partial charge is 0.366 e. The third-order valence-electron chi connectivity index (χ3n) is 3.33. The lowest BCUT2D eigenvalue weighted by molar-refractivity contribution is 0.100. The fourth-order valence-corrected chi connectivity index (χ4v) is 2.11. The van der Waals surface area contributed by atoms with Gasteiger partial charge in [-0.1, -0.05) is 12.1 Å². The van der Waals surface area contributed by atoms with Gasteiger partial charge in [-0.15, -0.1) is 0 Å². The van der Waals surface area contributed by atoms with Gasteiger partial charge in [-0.25, -0.2) is 4.99 Å². The molecule has 23 heavy (non-hydrogen) atoms. The molecule has 0 bridgehead atoms. The summed E-state index contributed by atoms with van der Waals surface area (Å²) in [4.78, 5) is 15.6. The van der Waals surface area contributed by atoms with E-state index in [4.69, 9.17) is 5.73 Å². The summed E-state index contributed by atoms with van der Waals surface area (Å²) in [7, 11) is 0. The number of amides is 1. The molecule has 6 nitrogen and oxygen atoms in total. The van der Waals surface area contributed by atoms with Crippen molar-refractivity contribution in [3.8, 4) is 0 Å². The van der Waals surface area contributed by atoms with Crippen LogP contribution < -0.4 is 16.4 Å². The lowest BCUT2D eigenvalue weighted by Crippen LogP contribution is -2.38. The van der Waals surface area contributed by atoms with Crippen molar-refractivity contribution in [2.24, 2.45) is 10.7 Å². The molecule has 0 aliphatic rings. The number of carbonyl (C=O) groups excluding carboxylic acids is 1. The molecule has 4 N–H and O–H groups in total. The molecule has 0 atom stereocenters. The van der Waals surface area contributed by atoms with Gasteiger partial charge in [-0.2, -0.15) is 0 Å². The minimum atomic E-state index is -0.417. The molecular formula is C17H23N5O. The van der Waals surface area contributed by atoms with Gasteiger partial charge in [0, 0.05) is 37.6 Å². The van der Waals surface area contributed by atoms with Crippen molar-refractivity contribution in [1.29, 1.82) is 0 Å². The van der Waals surface area contributed by atoms with E-state index >= 15 is 0 Å². The third-order valence-corrected chi connectivity index (χ3v) is 3.33. The molecule has 0 aliphatic heterocycles. The van der Waals surface area contributed by atoms with E-state index in [1.54, 1.807) is 12.1 Å². The molecule has 0 spiro atoms. The number of rotatable bonds is 7. The molecule has 0 aliphatic carbocycles. The molecule has 1 heterocycles. The second-order valence-corrected chi connectivity index (χ2v) is 5.10. The number of nitrogens with two attached hydrogens (primary N) is 1. The molecule has 2 aromatic rings. The van der Waals surface area contributed by atoms with Gasteiger partial charge in [0.1, 0.15) is 0 Å². The van der Waals surface area contributed by atoms with Crippen LogP contribution >= 0.6 is 0 Å². The molecule has 0 fully saturated rings. The van der Waals surface area contributed by atoms with Gasteiger partial charge in [-0.3, -0.25) is 4.79 Å². The molecule has 1 aromatic carbocycles. The molecule has 0 saturated heterocycles. The Labute approximate surface area is 136 Å². The molecule has 2 rings (SSSR count). The maximum Gasteiger partial charge on any atom is 0.248 e. The quantitative estimate of drug-likeness (QED) is 0.533. The highest BCUT2D eigenvalue weighted by molar-refractivity contribution is 5.92. The first-order valence-corrected chi connectivity index (χ1v) is 7.70. The molecule has 1 amide bonds. The third kappa shape index (κ3) is 5.50. The second kappa shape index (κ2) is 8.63. The van der Waals surface area contributed by atoms with Crippen LogP contribution in [0.25, 0.3) is 0 Å². The Morgan fingerprint density at radius 1 is 1.17 bits per heavy atom. The smallest absolute Gasteiger partial charge is 0.248 e. The van der Waals surface area contributed by atoms with E-state index in [0.717, 1.165) is 31.2 Å². The highest BCUT2D eigenvalue weighted by atomic mass is 16.1. The predicted octanol–water partition coefficient (Wildman–Crippen LogP) is 1.34. The zero-order valence-corrected chi connectivity index (χ0v) is 13.3. The van der Waals surface area contributed by atoms with Gasteiger partial charge in [0.2, 0.25) is 5.91 Å². The van der Waals surface area contributed by atoms with Crippen molar-refractivity contribution < 1.29 is 4.79 Å². The standard InChI is InChI=1S/C17H23N5O/c1-2-19-17(20-9-12-22-10-3-4-11-22)21-13-14-5-7-15(8-6-14)16(18)23/h3-8,10-11H,2,9,12-13H2,1H3,(H2,18,23)(H2,19,20,21). The summed E-state index contributed by atoms with van der Waals surface area (Å²) in [6.07, 6.45) is 4.07. The Bertz CT molecular complexity index is 632. The summed E-state index contributed by atoms with van der Waals surface area (Å²) in [5.74, 6) is 0.360. The number of hydrogen-bond acceptors (Lipinski definition) is 2. The highest BCUT2D eigenvalue weighted by Gasteiger charge is 2.01. The topological polar surface area (TPSA) is 84.4 Å². The summed E-state index contributed by atoms with van der Waals surface area (Å²) in [6, 6.07) is 11.2. The average molecular weight is 313 g/mol. The van der Waals surface area contributed by atoms with Gasteiger partial charge < -0.3 is 20.9 Å². The average Bonchev–Trinajstić information content (AvgIpc) is 3.06. The SMILES string of the molecule is CCNC(=NCc1ccc(C(N)=O)cc1)NCCn1cccc1. The van der Waals surface area contributed by atoms with Crippen LogP contribution in [-0.4, -0.2) is 29.5 Å². The van der Waals surface area contributed by atoms with Crippen LogP contribution in [0.4, 0.5) is 0 Å². The fraction of sp³-hybridized carbons (Fsp3) is 0.294. The number of hydrogen-bond donors (Lipinski definition) is 3. The van der Waals surface area contributed by atoms with E-state index in [2.05, 4.69) is 20.2 Å². The van der Waals surface area contributed by atoms with Crippen LogP contribution in [0, 0.1) is 0 Å². The lowest BCUT2D eigenvalue weighted by Gasteiger charge is -2.11. The molecule has 6 heteroatoms. The lowest BCUT2D eigenvalue weighted by atomic mass is 10.1. The molecule has 0 radical (unpaired) electrons. The number of primary amides is 1. The van der Waals surface area contributed by atoms with Gasteiger partial charge in [0.15, 0.2) is 5.96 Å². The second-order valence-electron chi connectivity index (χ2n) is 5.10. The van der Waals surface area contributed by atoms with Gasteiger partial charge in [-0.05, 0) is 36.8 Å². The Morgan fingerprint density at radius 2 is 1.87 bits per heavy atom. The van der Waals surface area contributed by atoms with Gasteiger partial charge >= 0.3 is 0 Å². The van der Waals surface area contributed by atoms with E-state index in [9.17, 15) is 4.79 Å². The maximum absolute atomic E-state index is 11.1. The van der Waals surface area contributed by atoms with E-state index in [1.807, 2.05) is 43.6 Å². The Balaban J connectivity index is 1.88. The zero-order valence-electron chi connectivity index (χ0n) is 13.3. The molecule has 0 unspecified atom stereocenters. The van der Waals surface area contributed by atoms with Crippen molar-refractivity contribution >= 4 is 11.9 Å². The van der Waals surface area contributed by atoms with E-state index < -0.39 is 5.91 Å². The number of aliphatic imine (C=N–C) groups is 1. The number of nitrogens with zero attached hydrogens (tertiary/aromatic N) is 2. The monoisotopic (exact) mass is 313 g/mol. The van der Waals surface area contributed by atoms with Crippen molar-refractivity contribution in [2.45, 2.75) is 20.0 Å². The summed E-state index contributed by atoms with van der Waals surface area (Å²) >= 11 is 0. The van der Waals surface area contributed by atoms with Crippen LogP contribution in [0.2, 0.25) is 0 Å². The molecule has 1 aromatic heterocycles. The minimum absolute atomic E-state index is 0.417. The van der Waals surface area contributed by atoms with Crippen LogP contribution in [0.3, 0.4) is 0 Å². The van der Waals surface area contributed by atoms with Gasteiger partial charge in [0.25, 0.3) is 0 Å².